The number of carbonyl (C=O) groups is 3. The number of methoxy groups -OCH3 is 1. The first kappa shape index (κ1) is 37.3. The molecule has 0 saturated heterocycles. The van der Waals surface area contributed by atoms with Gasteiger partial charge in [0.05, 0.1) is 18.3 Å². The van der Waals surface area contributed by atoms with E-state index in [4.69, 9.17) is 20.9 Å². The van der Waals surface area contributed by atoms with Gasteiger partial charge in [0.2, 0.25) is 11.8 Å². The molecule has 0 aliphatic heterocycles. The molecule has 0 saturated carbocycles. The minimum atomic E-state index is -0.851. The SMILES string of the molecule is CCCCNC(=O)[C@@H](C[C@H](O)[C@@H](N)C[C@H](CN(C)C(=O)c1ccc(C(N)=O)cc1OCCCCOC)C(C)C)C(C)C. The number of nitrogens with two attached hydrogens (primary N) is 2. The maximum atomic E-state index is 13.5. The highest BCUT2D eigenvalue weighted by Crippen LogP contribution is 2.26. The number of hydrogen-bond donors (Lipinski definition) is 4. The van der Waals surface area contributed by atoms with Crippen molar-refractivity contribution in [2.45, 2.75) is 85.3 Å². The van der Waals surface area contributed by atoms with Gasteiger partial charge in [-0.2, -0.15) is 0 Å². The third-order valence-corrected chi connectivity index (χ3v) is 7.83. The lowest BCUT2D eigenvalue weighted by molar-refractivity contribution is -0.127. The smallest absolute Gasteiger partial charge is 0.257 e. The van der Waals surface area contributed by atoms with Crippen LogP contribution in [0.1, 0.15) is 93.9 Å². The molecule has 0 radical (unpaired) electrons. The number of carbonyl (C=O) groups excluding carboxylic acids is 3. The average Bonchev–Trinajstić information content (AvgIpc) is 2.94. The zero-order valence-electron chi connectivity index (χ0n) is 26.9. The van der Waals surface area contributed by atoms with Gasteiger partial charge >= 0.3 is 0 Å². The van der Waals surface area contributed by atoms with Gasteiger partial charge in [0.1, 0.15) is 5.75 Å². The van der Waals surface area contributed by atoms with Crippen molar-refractivity contribution < 1.29 is 29.0 Å². The second kappa shape index (κ2) is 19.5. The first-order chi connectivity index (χ1) is 19.8. The van der Waals surface area contributed by atoms with Gasteiger partial charge in [-0.25, -0.2) is 0 Å². The van der Waals surface area contributed by atoms with Crippen LogP contribution in [0.3, 0.4) is 0 Å². The van der Waals surface area contributed by atoms with Crippen LogP contribution >= 0.6 is 0 Å². The van der Waals surface area contributed by atoms with Crippen LogP contribution in [0.25, 0.3) is 0 Å². The monoisotopic (exact) mass is 592 g/mol. The molecule has 0 aliphatic rings. The predicted octanol–water partition coefficient (Wildman–Crippen LogP) is 3.59. The van der Waals surface area contributed by atoms with Crippen LogP contribution in [-0.4, -0.2) is 80.3 Å². The summed E-state index contributed by atoms with van der Waals surface area (Å²) in [4.78, 5) is 39.7. The van der Waals surface area contributed by atoms with E-state index in [9.17, 15) is 19.5 Å². The molecule has 10 heteroatoms. The summed E-state index contributed by atoms with van der Waals surface area (Å²) in [5.41, 5.74) is 12.6. The van der Waals surface area contributed by atoms with Gasteiger partial charge in [0, 0.05) is 51.4 Å². The first-order valence-corrected chi connectivity index (χ1v) is 15.4. The molecule has 3 amide bonds. The summed E-state index contributed by atoms with van der Waals surface area (Å²) in [7, 11) is 3.36. The zero-order chi connectivity index (χ0) is 31.8. The molecule has 1 rings (SSSR count). The molecule has 6 N–H and O–H groups in total. The van der Waals surface area contributed by atoms with Crippen molar-refractivity contribution in [1.29, 1.82) is 0 Å². The Morgan fingerprint density at radius 3 is 2.26 bits per heavy atom. The summed E-state index contributed by atoms with van der Waals surface area (Å²) in [6.07, 6.45) is 3.37. The lowest BCUT2D eigenvalue weighted by Gasteiger charge is -2.32. The Kier molecular flexibility index (Phi) is 17.3. The number of rotatable bonds is 21. The van der Waals surface area contributed by atoms with Crippen molar-refractivity contribution in [3.05, 3.63) is 29.3 Å². The third kappa shape index (κ3) is 12.7. The molecular weight excluding hydrogens is 536 g/mol. The number of amides is 3. The van der Waals surface area contributed by atoms with Crippen LogP contribution in [0.5, 0.6) is 5.75 Å². The molecular formula is C32H56N4O6. The second-order valence-corrected chi connectivity index (χ2v) is 12.0. The van der Waals surface area contributed by atoms with Gasteiger partial charge in [-0.15, -0.1) is 0 Å². The second-order valence-electron chi connectivity index (χ2n) is 12.0. The van der Waals surface area contributed by atoms with Crippen molar-refractivity contribution in [2.24, 2.45) is 35.1 Å². The molecule has 1 aromatic rings. The molecule has 0 aliphatic carbocycles. The number of aliphatic hydroxyl groups is 1. The lowest BCUT2D eigenvalue weighted by atomic mass is 9.83. The summed E-state index contributed by atoms with van der Waals surface area (Å²) in [6, 6.07) is 4.05. The van der Waals surface area contributed by atoms with Gasteiger partial charge in [-0.1, -0.05) is 41.0 Å². The van der Waals surface area contributed by atoms with Gasteiger partial charge in [0.25, 0.3) is 5.91 Å². The molecule has 1 aromatic carbocycles. The molecule has 0 heterocycles. The van der Waals surface area contributed by atoms with Crippen molar-refractivity contribution >= 4 is 17.7 Å². The Morgan fingerprint density at radius 2 is 1.69 bits per heavy atom. The number of nitrogens with zero attached hydrogens (tertiary/aromatic N) is 1. The summed E-state index contributed by atoms with van der Waals surface area (Å²) >= 11 is 0. The van der Waals surface area contributed by atoms with Crippen LogP contribution in [0.2, 0.25) is 0 Å². The summed E-state index contributed by atoms with van der Waals surface area (Å²) < 4.78 is 11.0. The Hall–Kier alpha value is -2.69. The van der Waals surface area contributed by atoms with Crippen LogP contribution in [0, 0.1) is 23.7 Å². The Labute approximate surface area is 252 Å². The third-order valence-electron chi connectivity index (χ3n) is 7.83. The lowest BCUT2D eigenvalue weighted by Crippen LogP contribution is -2.44. The Bertz CT molecular complexity index is 970. The summed E-state index contributed by atoms with van der Waals surface area (Å²) in [5, 5.41) is 14.0. The van der Waals surface area contributed by atoms with Crippen molar-refractivity contribution in [3.63, 3.8) is 0 Å². The number of unbranched alkanes of at least 4 members (excludes halogenated alkanes) is 2. The Morgan fingerprint density at radius 1 is 1.02 bits per heavy atom. The van der Waals surface area contributed by atoms with E-state index in [1.54, 1.807) is 25.1 Å². The minimum Gasteiger partial charge on any atom is -0.493 e. The first-order valence-electron chi connectivity index (χ1n) is 15.4. The van der Waals surface area contributed by atoms with E-state index in [0.29, 0.717) is 44.0 Å². The molecule has 42 heavy (non-hydrogen) atoms. The Balaban J connectivity index is 2.95. The maximum absolute atomic E-state index is 13.5. The highest BCUT2D eigenvalue weighted by Gasteiger charge is 2.30. The number of hydrogen-bond acceptors (Lipinski definition) is 7. The van der Waals surface area contributed by atoms with Crippen LogP contribution in [-0.2, 0) is 9.53 Å². The van der Waals surface area contributed by atoms with Crippen molar-refractivity contribution in [3.8, 4) is 5.75 Å². The van der Waals surface area contributed by atoms with E-state index in [-0.39, 0.29) is 47.5 Å². The highest BCUT2D eigenvalue weighted by molar-refractivity contribution is 5.99. The van der Waals surface area contributed by atoms with Gasteiger partial charge in [0.15, 0.2) is 0 Å². The standard InChI is InChI=1S/C32H56N4O6/c1-8-9-14-35-31(39)26(22(4)5)19-28(37)27(33)17-24(21(2)3)20-36(6)32(40)25-13-12-23(30(34)38)18-29(25)42-16-11-10-15-41-7/h12-13,18,21-22,24,26-28,37H,8-11,14-17,19-20,33H2,1-7H3,(H2,34,38)(H,35,39)/t24-,26+,27+,28+/m1/s1. The van der Waals surface area contributed by atoms with E-state index in [1.807, 2.05) is 13.8 Å². The van der Waals surface area contributed by atoms with E-state index < -0.39 is 18.1 Å². The van der Waals surface area contributed by atoms with Crippen molar-refractivity contribution in [1.82, 2.24) is 10.2 Å². The van der Waals surface area contributed by atoms with Crippen LogP contribution in [0.4, 0.5) is 0 Å². The van der Waals surface area contributed by atoms with Gasteiger partial charge < -0.3 is 36.3 Å². The number of aliphatic hydroxyl groups excluding tert-OH is 1. The summed E-state index contributed by atoms with van der Waals surface area (Å²) in [6.45, 7) is 12.2. The quantitative estimate of drug-likeness (QED) is 0.159. The number of primary amides is 1. The van der Waals surface area contributed by atoms with E-state index in [1.165, 1.54) is 12.1 Å². The van der Waals surface area contributed by atoms with E-state index in [2.05, 4.69) is 26.1 Å². The van der Waals surface area contributed by atoms with Gasteiger partial charge in [-0.05, 0) is 68.1 Å². The fourth-order valence-corrected chi connectivity index (χ4v) is 4.84. The van der Waals surface area contributed by atoms with Crippen LogP contribution < -0.4 is 21.5 Å². The molecule has 0 spiro atoms. The highest BCUT2D eigenvalue weighted by atomic mass is 16.5. The zero-order valence-corrected chi connectivity index (χ0v) is 26.9. The molecule has 10 nitrogen and oxygen atoms in total. The van der Waals surface area contributed by atoms with Crippen molar-refractivity contribution in [2.75, 3.05) is 40.5 Å². The number of ether oxygens (including phenoxy) is 2. The van der Waals surface area contributed by atoms with E-state index in [0.717, 1.165) is 25.7 Å². The largest absolute Gasteiger partial charge is 0.493 e. The van der Waals surface area contributed by atoms with Gasteiger partial charge in [-0.3, -0.25) is 14.4 Å². The molecule has 0 bridgehead atoms. The molecule has 0 aromatic heterocycles. The average molecular weight is 593 g/mol. The fraction of sp³-hybridized carbons (Fsp3) is 0.719. The van der Waals surface area contributed by atoms with Crippen LogP contribution in [0.15, 0.2) is 18.2 Å². The minimum absolute atomic E-state index is 0.00258. The topological polar surface area (TPSA) is 157 Å². The number of nitrogens with one attached hydrogen (secondary N) is 1. The molecule has 0 unspecified atom stereocenters. The van der Waals surface area contributed by atoms with E-state index >= 15 is 0 Å². The maximum Gasteiger partial charge on any atom is 0.257 e. The molecule has 0 fully saturated rings. The normalized spacial score (nSPS) is 14.4. The summed E-state index contributed by atoms with van der Waals surface area (Å²) in [5.74, 6) is -0.664. The fourth-order valence-electron chi connectivity index (χ4n) is 4.84. The number of benzene rings is 1. The predicted molar refractivity (Wildman–Crippen MR) is 166 cm³/mol. The molecule has 4 atom stereocenters. The molecule has 240 valence electrons.